The molecule has 6 heteroatoms. The van der Waals surface area contributed by atoms with Gasteiger partial charge in [0.25, 0.3) is 0 Å². The van der Waals surface area contributed by atoms with Crippen molar-refractivity contribution in [3.8, 4) is 5.75 Å². The monoisotopic (exact) mass is 317 g/mol. The van der Waals surface area contributed by atoms with E-state index in [0.717, 1.165) is 23.6 Å². The average molecular weight is 317 g/mol. The number of nitrogens with zero attached hydrogens (tertiary/aromatic N) is 1. The van der Waals surface area contributed by atoms with Gasteiger partial charge in [-0.3, -0.25) is 0 Å². The third-order valence-electron chi connectivity index (χ3n) is 3.26. The Labute approximate surface area is 136 Å². The molecule has 1 aromatic heterocycles. The number of furan rings is 1. The van der Waals surface area contributed by atoms with Crippen LogP contribution in [0.3, 0.4) is 0 Å². The van der Waals surface area contributed by atoms with Crippen LogP contribution in [0.1, 0.15) is 24.4 Å². The van der Waals surface area contributed by atoms with Crippen LogP contribution < -0.4 is 15.4 Å². The van der Waals surface area contributed by atoms with E-state index in [1.807, 2.05) is 43.3 Å². The van der Waals surface area contributed by atoms with Crippen LogP contribution in [-0.2, 0) is 6.54 Å². The molecule has 2 rings (SSSR count). The van der Waals surface area contributed by atoms with Gasteiger partial charge in [0.2, 0.25) is 0 Å². The molecule has 0 aliphatic carbocycles. The maximum absolute atomic E-state index is 10.3. The Morgan fingerprint density at radius 1 is 1.30 bits per heavy atom. The molecule has 3 N–H and O–H groups in total. The highest BCUT2D eigenvalue weighted by molar-refractivity contribution is 5.79. The highest BCUT2D eigenvalue weighted by Crippen LogP contribution is 2.18. The molecular formula is C17H23N3O3. The Kier molecular flexibility index (Phi) is 6.50. The van der Waals surface area contributed by atoms with Crippen LogP contribution in [0.4, 0.5) is 0 Å². The van der Waals surface area contributed by atoms with Gasteiger partial charge in [0.05, 0.1) is 19.5 Å². The lowest BCUT2D eigenvalue weighted by Crippen LogP contribution is -2.39. The van der Waals surface area contributed by atoms with Gasteiger partial charge in [-0.15, -0.1) is 0 Å². The molecule has 1 heterocycles. The molecule has 0 spiro atoms. The van der Waals surface area contributed by atoms with Crippen LogP contribution in [0, 0.1) is 0 Å². The molecule has 0 fully saturated rings. The normalized spacial score (nSPS) is 12.7. The smallest absolute Gasteiger partial charge is 0.191 e. The van der Waals surface area contributed by atoms with E-state index in [1.165, 1.54) is 0 Å². The van der Waals surface area contributed by atoms with Gasteiger partial charge in [0, 0.05) is 13.1 Å². The first kappa shape index (κ1) is 16.9. The summed E-state index contributed by atoms with van der Waals surface area (Å²) in [5, 5.41) is 16.6. The number of nitrogens with one attached hydrogen (secondary N) is 2. The second-order valence-electron chi connectivity index (χ2n) is 4.95. The van der Waals surface area contributed by atoms with Gasteiger partial charge in [0.1, 0.15) is 18.1 Å². The number of aliphatic imine (C=N–C) groups is 1. The van der Waals surface area contributed by atoms with E-state index in [4.69, 9.17) is 9.15 Å². The molecule has 1 aromatic carbocycles. The van der Waals surface area contributed by atoms with Crippen molar-refractivity contribution in [2.75, 3.05) is 20.2 Å². The zero-order chi connectivity index (χ0) is 16.5. The summed E-state index contributed by atoms with van der Waals surface area (Å²) in [7, 11) is 1.61. The van der Waals surface area contributed by atoms with E-state index in [-0.39, 0.29) is 0 Å². The number of hydrogen-bond acceptors (Lipinski definition) is 4. The molecule has 2 aromatic rings. The Morgan fingerprint density at radius 2 is 2.17 bits per heavy atom. The Hall–Kier alpha value is -2.47. The lowest BCUT2D eigenvalue weighted by atomic mass is 10.1. The second-order valence-corrected chi connectivity index (χ2v) is 4.95. The van der Waals surface area contributed by atoms with Crippen LogP contribution in [0.2, 0.25) is 0 Å². The van der Waals surface area contributed by atoms with E-state index in [1.54, 1.807) is 13.4 Å². The van der Waals surface area contributed by atoms with Gasteiger partial charge >= 0.3 is 0 Å². The number of rotatable bonds is 7. The van der Waals surface area contributed by atoms with Crippen molar-refractivity contribution in [3.05, 3.63) is 54.0 Å². The SMILES string of the molecule is CCNC(=NCc1ccco1)NCC(O)c1cccc(OC)c1. The summed E-state index contributed by atoms with van der Waals surface area (Å²) in [6.45, 7) is 3.51. The van der Waals surface area contributed by atoms with Gasteiger partial charge in [-0.2, -0.15) is 0 Å². The lowest BCUT2D eigenvalue weighted by Gasteiger charge is -2.16. The number of aliphatic hydroxyl groups excluding tert-OH is 1. The molecule has 124 valence electrons. The second kappa shape index (κ2) is 8.85. The maximum Gasteiger partial charge on any atom is 0.191 e. The van der Waals surface area contributed by atoms with Crippen molar-refractivity contribution >= 4 is 5.96 Å². The van der Waals surface area contributed by atoms with Gasteiger partial charge in [0.15, 0.2) is 5.96 Å². The van der Waals surface area contributed by atoms with Crippen molar-refractivity contribution in [2.24, 2.45) is 4.99 Å². The maximum atomic E-state index is 10.3. The molecule has 0 aliphatic heterocycles. The first-order valence-electron chi connectivity index (χ1n) is 7.59. The highest BCUT2D eigenvalue weighted by Gasteiger charge is 2.09. The van der Waals surface area contributed by atoms with Crippen molar-refractivity contribution in [1.82, 2.24) is 10.6 Å². The minimum atomic E-state index is -0.655. The van der Waals surface area contributed by atoms with E-state index >= 15 is 0 Å². The number of methoxy groups -OCH3 is 1. The Bertz CT molecular complexity index is 611. The van der Waals surface area contributed by atoms with E-state index in [2.05, 4.69) is 15.6 Å². The number of ether oxygens (including phenoxy) is 1. The molecular weight excluding hydrogens is 294 g/mol. The number of guanidine groups is 1. The summed E-state index contributed by atoms with van der Waals surface area (Å²) in [6, 6.07) is 11.1. The van der Waals surface area contributed by atoms with Crippen molar-refractivity contribution in [3.63, 3.8) is 0 Å². The number of hydrogen-bond donors (Lipinski definition) is 3. The lowest BCUT2D eigenvalue weighted by molar-refractivity contribution is 0.180. The first-order chi connectivity index (χ1) is 11.2. The molecule has 0 amide bonds. The minimum absolute atomic E-state index is 0.344. The molecule has 0 saturated heterocycles. The minimum Gasteiger partial charge on any atom is -0.497 e. The Balaban J connectivity index is 1.93. The molecule has 1 unspecified atom stereocenters. The Morgan fingerprint density at radius 3 is 2.87 bits per heavy atom. The van der Waals surface area contributed by atoms with E-state index in [9.17, 15) is 5.11 Å². The molecule has 6 nitrogen and oxygen atoms in total. The van der Waals surface area contributed by atoms with Crippen molar-refractivity contribution in [1.29, 1.82) is 0 Å². The average Bonchev–Trinajstić information content (AvgIpc) is 3.10. The van der Waals surface area contributed by atoms with Gasteiger partial charge < -0.3 is 24.9 Å². The highest BCUT2D eigenvalue weighted by atomic mass is 16.5. The molecule has 0 radical (unpaired) electrons. The van der Waals surface area contributed by atoms with Crippen LogP contribution in [-0.4, -0.2) is 31.3 Å². The molecule has 0 bridgehead atoms. The zero-order valence-electron chi connectivity index (χ0n) is 13.5. The molecule has 0 aliphatic rings. The summed E-state index contributed by atoms with van der Waals surface area (Å²) in [5.41, 5.74) is 0.790. The summed E-state index contributed by atoms with van der Waals surface area (Å²) in [4.78, 5) is 4.42. The quantitative estimate of drug-likeness (QED) is 0.538. The number of aliphatic hydroxyl groups is 1. The largest absolute Gasteiger partial charge is 0.497 e. The molecule has 23 heavy (non-hydrogen) atoms. The summed E-state index contributed by atoms with van der Waals surface area (Å²) in [5.74, 6) is 2.14. The van der Waals surface area contributed by atoms with Crippen LogP contribution in [0.25, 0.3) is 0 Å². The summed E-state index contributed by atoms with van der Waals surface area (Å²) >= 11 is 0. The van der Waals surface area contributed by atoms with Crippen molar-refractivity contribution in [2.45, 2.75) is 19.6 Å². The third-order valence-corrected chi connectivity index (χ3v) is 3.26. The summed E-state index contributed by atoms with van der Waals surface area (Å²) in [6.07, 6.45) is 0.968. The van der Waals surface area contributed by atoms with Crippen molar-refractivity contribution < 1.29 is 14.3 Å². The zero-order valence-corrected chi connectivity index (χ0v) is 13.5. The van der Waals surface area contributed by atoms with Crippen LogP contribution >= 0.6 is 0 Å². The number of benzene rings is 1. The standard InChI is InChI=1S/C17H23N3O3/c1-3-18-17(19-11-15-8-5-9-23-15)20-12-16(21)13-6-4-7-14(10-13)22-2/h4-10,16,21H,3,11-12H2,1-2H3,(H2,18,19,20). The fourth-order valence-electron chi connectivity index (χ4n) is 2.06. The van der Waals surface area contributed by atoms with E-state index in [0.29, 0.717) is 19.0 Å². The van der Waals surface area contributed by atoms with Gasteiger partial charge in [-0.05, 0) is 36.8 Å². The molecule has 0 saturated carbocycles. The summed E-state index contributed by atoms with van der Waals surface area (Å²) < 4.78 is 10.4. The predicted octanol–water partition coefficient (Wildman–Crippen LogP) is 2.08. The molecule has 1 atom stereocenters. The van der Waals surface area contributed by atoms with Crippen LogP contribution in [0.15, 0.2) is 52.1 Å². The fraction of sp³-hybridized carbons (Fsp3) is 0.353. The predicted molar refractivity (Wildman–Crippen MR) is 89.5 cm³/mol. The van der Waals surface area contributed by atoms with Crippen LogP contribution in [0.5, 0.6) is 5.75 Å². The van der Waals surface area contributed by atoms with Gasteiger partial charge in [-0.25, -0.2) is 4.99 Å². The van der Waals surface area contributed by atoms with E-state index < -0.39 is 6.10 Å². The third kappa shape index (κ3) is 5.34. The van der Waals surface area contributed by atoms with Gasteiger partial charge in [-0.1, -0.05) is 12.1 Å². The fourth-order valence-corrected chi connectivity index (χ4v) is 2.06. The topological polar surface area (TPSA) is 79.0 Å². The first-order valence-corrected chi connectivity index (χ1v) is 7.59.